The highest BCUT2D eigenvalue weighted by Crippen LogP contribution is 2.33. The van der Waals surface area contributed by atoms with Crippen molar-refractivity contribution < 1.29 is 4.79 Å². The molecule has 0 saturated carbocycles. The summed E-state index contributed by atoms with van der Waals surface area (Å²) in [7, 11) is 1.85. The molecule has 2 aromatic heterocycles. The van der Waals surface area contributed by atoms with Crippen molar-refractivity contribution in [2.75, 3.05) is 10.6 Å². The molecule has 0 aliphatic carbocycles. The van der Waals surface area contributed by atoms with Crippen LogP contribution in [-0.4, -0.2) is 31.1 Å². The number of thioether (sulfide) groups is 1. The molecule has 10 heteroatoms. The van der Waals surface area contributed by atoms with E-state index in [-0.39, 0.29) is 11.2 Å². The van der Waals surface area contributed by atoms with E-state index < -0.39 is 0 Å². The smallest absolute Gasteiger partial charge is 0.237 e. The number of halogens is 1. The van der Waals surface area contributed by atoms with Crippen molar-refractivity contribution in [3.8, 4) is 0 Å². The Balaban J connectivity index is 1.64. The maximum Gasteiger partial charge on any atom is 0.237 e. The Morgan fingerprint density at radius 1 is 1.29 bits per heavy atom. The van der Waals surface area contributed by atoms with Crippen molar-refractivity contribution in [3.63, 3.8) is 0 Å². The fraction of sp³-hybridized carbons (Fsp3) is 0.333. The van der Waals surface area contributed by atoms with Crippen LogP contribution in [0.15, 0.2) is 22.5 Å². The number of carbonyl (C=O) groups excluding carboxylic acids is 1. The van der Waals surface area contributed by atoms with Gasteiger partial charge >= 0.3 is 0 Å². The van der Waals surface area contributed by atoms with Crippen LogP contribution < -0.4 is 10.6 Å². The number of nitrogens with zero attached hydrogens (tertiary/aromatic N) is 4. The van der Waals surface area contributed by atoms with Crippen LogP contribution in [0.1, 0.15) is 23.9 Å². The first kappa shape index (κ1) is 20.6. The quantitative estimate of drug-likeness (QED) is 0.544. The standard InChI is InChI=1S/C18H21ClN6OS2/c1-9-13(19)7-6-8-14(9)20-17-22-23-18(28-17)27-12(4)16(26)21-15-10(2)24-25(5)11(15)3/h6-8,12H,1-5H3,(H,20,22)(H,21,26). The molecule has 0 bridgehead atoms. The molecule has 2 heterocycles. The number of amides is 1. The maximum absolute atomic E-state index is 12.6. The van der Waals surface area contributed by atoms with Crippen LogP contribution in [0.5, 0.6) is 0 Å². The summed E-state index contributed by atoms with van der Waals surface area (Å²) in [6.45, 7) is 7.59. The summed E-state index contributed by atoms with van der Waals surface area (Å²) < 4.78 is 2.47. The molecule has 28 heavy (non-hydrogen) atoms. The third kappa shape index (κ3) is 4.48. The van der Waals surface area contributed by atoms with Gasteiger partial charge in [0, 0.05) is 17.8 Å². The topological polar surface area (TPSA) is 84.7 Å². The number of benzene rings is 1. The summed E-state index contributed by atoms with van der Waals surface area (Å²) in [5.74, 6) is -0.0976. The fourth-order valence-corrected chi connectivity index (χ4v) is 4.63. The van der Waals surface area contributed by atoms with E-state index >= 15 is 0 Å². The highest BCUT2D eigenvalue weighted by Gasteiger charge is 2.20. The number of hydrogen-bond donors (Lipinski definition) is 2. The Hall–Kier alpha value is -2.10. The van der Waals surface area contributed by atoms with Crippen LogP contribution in [-0.2, 0) is 11.8 Å². The summed E-state index contributed by atoms with van der Waals surface area (Å²) in [6.07, 6.45) is 0. The minimum Gasteiger partial charge on any atom is -0.330 e. The minimum absolute atomic E-state index is 0.0976. The summed E-state index contributed by atoms with van der Waals surface area (Å²) in [5.41, 5.74) is 4.31. The van der Waals surface area contributed by atoms with Gasteiger partial charge in [-0.2, -0.15) is 5.10 Å². The Morgan fingerprint density at radius 3 is 2.71 bits per heavy atom. The van der Waals surface area contributed by atoms with Crippen molar-refractivity contribution in [1.82, 2.24) is 20.0 Å². The number of aromatic nitrogens is 4. The van der Waals surface area contributed by atoms with E-state index in [9.17, 15) is 4.79 Å². The fourth-order valence-electron chi connectivity index (χ4n) is 2.55. The SMILES string of the molecule is Cc1nn(C)c(C)c1NC(=O)C(C)Sc1nnc(Nc2cccc(Cl)c2C)s1. The first-order valence-electron chi connectivity index (χ1n) is 8.59. The molecule has 1 unspecified atom stereocenters. The molecule has 0 aliphatic rings. The summed E-state index contributed by atoms with van der Waals surface area (Å²) in [5, 5.41) is 19.9. The van der Waals surface area contributed by atoms with Gasteiger partial charge in [0.25, 0.3) is 0 Å². The molecule has 3 aromatic rings. The average molecular weight is 437 g/mol. The zero-order chi connectivity index (χ0) is 20.4. The van der Waals surface area contributed by atoms with Gasteiger partial charge in [-0.1, -0.05) is 40.8 Å². The molecule has 0 fully saturated rings. The maximum atomic E-state index is 12.6. The molecule has 7 nitrogen and oxygen atoms in total. The lowest BCUT2D eigenvalue weighted by molar-refractivity contribution is -0.115. The van der Waals surface area contributed by atoms with Crippen LogP contribution in [0.4, 0.5) is 16.5 Å². The van der Waals surface area contributed by atoms with Crippen molar-refractivity contribution >= 4 is 57.1 Å². The van der Waals surface area contributed by atoms with Gasteiger partial charge in [0.15, 0.2) is 4.34 Å². The van der Waals surface area contributed by atoms with Gasteiger partial charge in [0.1, 0.15) is 0 Å². The Bertz CT molecular complexity index is 1020. The van der Waals surface area contributed by atoms with Crippen LogP contribution in [0.25, 0.3) is 0 Å². The van der Waals surface area contributed by atoms with Gasteiger partial charge in [0.2, 0.25) is 11.0 Å². The van der Waals surface area contributed by atoms with Gasteiger partial charge in [-0.25, -0.2) is 0 Å². The van der Waals surface area contributed by atoms with Gasteiger partial charge in [-0.05, 0) is 45.4 Å². The van der Waals surface area contributed by atoms with E-state index in [1.54, 1.807) is 4.68 Å². The molecule has 0 saturated heterocycles. The first-order chi connectivity index (χ1) is 13.3. The second kappa shape index (κ2) is 8.50. The van der Waals surface area contributed by atoms with E-state index in [1.807, 2.05) is 52.9 Å². The molecular formula is C18H21ClN6OS2. The molecule has 1 atom stereocenters. The van der Waals surface area contributed by atoms with Gasteiger partial charge < -0.3 is 10.6 Å². The molecule has 3 rings (SSSR count). The Morgan fingerprint density at radius 2 is 2.04 bits per heavy atom. The van der Waals surface area contributed by atoms with E-state index in [2.05, 4.69) is 25.9 Å². The van der Waals surface area contributed by atoms with E-state index in [4.69, 9.17) is 11.6 Å². The number of anilines is 3. The lowest BCUT2D eigenvalue weighted by Crippen LogP contribution is -2.23. The molecule has 0 radical (unpaired) electrons. The highest BCUT2D eigenvalue weighted by atomic mass is 35.5. The summed E-state index contributed by atoms with van der Waals surface area (Å²) >= 11 is 8.91. The van der Waals surface area contributed by atoms with Crippen molar-refractivity contribution in [3.05, 3.63) is 40.2 Å². The van der Waals surface area contributed by atoms with Gasteiger partial charge in [-0.3, -0.25) is 9.48 Å². The third-order valence-electron chi connectivity index (χ3n) is 4.32. The highest BCUT2D eigenvalue weighted by molar-refractivity contribution is 8.02. The first-order valence-corrected chi connectivity index (χ1v) is 10.7. The molecule has 1 amide bonds. The normalized spacial score (nSPS) is 12.1. The predicted octanol–water partition coefficient (Wildman–Crippen LogP) is 4.71. The molecule has 1 aromatic carbocycles. The summed E-state index contributed by atoms with van der Waals surface area (Å²) in [4.78, 5) is 12.6. The molecule has 0 aliphatic heterocycles. The zero-order valence-electron chi connectivity index (χ0n) is 16.2. The monoisotopic (exact) mass is 436 g/mol. The lowest BCUT2D eigenvalue weighted by atomic mass is 10.2. The lowest BCUT2D eigenvalue weighted by Gasteiger charge is -2.10. The number of nitrogens with one attached hydrogen (secondary N) is 2. The van der Waals surface area contributed by atoms with Crippen LogP contribution in [0.3, 0.4) is 0 Å². The number of rotatable bonds is 6. The Labute approximate surface area is 176 Å². The van der Waals surface area contributed by atoms with Gasteiger partial charge in [-0.15, -0.1) is 10.2 Å². The Kier molecular flexibility index (Phi) is 6.26. The number of carbonyl (C=O) groups is 1. The van der Waals surface area contributed by atoms with E-state index in [1.165, 1.54) is 23.1 Å². The zero-order valence-corrected chi connectivity index (χ0v) is 18.6. The molecule has 0 spiro atoms. The van der Waals surface area contributed by atoms with Crippen LogP contribution in [0, 0.1) is 20.8 Å². The second-order valence-corrected chi connectivity index (χ2v) is 9.30. The van der Waals surface area contributed by atoms with Crippen LogP contribution >= 0.6 is 34.7 Å². The van der Waals surface area contributed by atoms with Crippen molar-refractivity contribution in [2.24, 2.45) is 7.05 Å². The molecular weight excluding hydrogens is 416 g/mol. The van der Waals surface area contributed by atoms with Crippen LogP contribution in [0.2, 0.25) is 5.02 Å². The third-order valence-corrected chi connectivity index (χ3v) is 6.75. The largest absolute Gasteiger partial charge is 0.330 e. The average Bonchev–Trinajstić information content (AvgIpc) is 3.18. The minimum atomic E-state index is -0.326. The molecule has 2 N–H and O–H groups in total. The van der Waals surface area contributed by atoms with Gasteiger partial charge in [0.05, 0.1) is 22.3 Å². The predicted molar refractivity (Wildman–Crippen MR) is 116 cm³/mol. The van der Waals surface area contributed by atoms with E-state index in [0.29, 0.717) is 14.5 Å². The number of hydrogen-bond acceptors (Lipinski definition) is 7. The summed E-state index contributed by atoms with van der Waals surface area (Å²) in [6, 6.07) is 5.66. The van der Waals surface area contributed by atoms with Crippen molar-refractivity contribution in [2.45, 2.75) is 37.3 Å². The molecule has 148 valence electrons. The number of aryl methyl sites for hydroxylation is 2. The van der Waals surface area contributed by atoms with Crippen molar-refractivity contribution in [1.29, 1.82) is 0 Å². The second-order valence-electron chi connectivity index (χ2n) is 6.33. The van der Waals surface area contributed by atoms with E-state index in [0.717, 1.165) is 28.3 Å².